The van der Waals surface area contributed by atoms with E-state index in [1.54, 1.807) is 13.8 Å². The van der Waals surface area contributed by atoms with Crippen molar-refractivity contribution >= 4 is 17.6 Å². The zero-order valence-corrected chi connectivity index (χ0v) is 10.0. The van der Waals surface area contributed by atoms with Crippen molar-refractivity contribution in [1.82, 2.24) is 0 Å². The fraction of sp³-hybridized carbons (Fsp3) is 0.333. The van der Waals surface area contributed by atoms with E-state index in [0.717, 1.165) is 4.90 Å². The summed E-state index contributed by atoms with van der Waals surface area (Å²) in [6.07, 6.45) is 0. The predicted octanol–water partition coefficient (Wildman–Crippen LogP) is 0.981. The van der Waals surface area contributed by atoms with E-state index in [1.807, 2.05) is 0 Å². The number of hydrogen-bond acceptors (Lipinski definition) is 4. The minimum atomic E-state index is -1.16. The number of fused-ring (bicyclic) bond motifs is 1. The van der Waals surface area contributed by atoms with Gasteiger partial charge in [-0.1, -0.05) is 0 Å². The van der Waals surface area contributed by atoms with E-state index in [0.29, 0.717) is 11.4 Å². The minimum Gasteiger partial charge on any atom is -0.508 e. The number of amides is 1. The number of phenols is 1. The Labute approximate surface area is 103 Å². The second-order valence-corrected chi connectivity index (χ2v) is 4.55. The molecule has 0 radical (unpaired) electrons. The van der Waals surface area contributed by atoms with Crippen molar-refractivity contribution in [3.63, 3.8) is 0 Å². The number of aromatic hydroxyl groups is 1. The smallest absolute Gasteiger partial charge is 0.323 e. The highest BCUT2D eigenvalue weighted by Gasteiger charge is 2.41. The van der Waals surface area contributed by atoms with Crippen LogP contribution in [0, 0.1) is 0 Å². The largest absolute Gasteiger partial charge is 0.508 e. The van der Waals surface area contributed by atoms with E-state index in [2.05, 4.69) is 0 Å². The maximum atomic E-state index is 12.1. The average molecular weight is 251 g/mol. The standard InChI is InChI=1S/C12H13NO5/c1-12(2)11(17)13(6-10(15)16)8-4-3-7(14)5-9(8)18-12/h3-5,14H,6H2,1-2H3,(H,15,16). The number of nitrogens with zero attached hydrogens (tertiary/aromatic N) is 1. The second kappa shape index (κ2) is 3.90. The van der Waals surface area contributed by atoms with Gasteiger partial charge >= 0.3 is 5.97 Å². The molecular weight excluding hydrogens is 238 g/mol. The Morgan fingerprint density at radius 1 is 1.44 bits per heavy atom. The first kappa shape index (κ1) is 12.2. The molecule has 1 aliphatic heterocycles. The van der Waals surface area contributed by atoms with Gasteiger partial charge in [0.2, 0.25) is 0 Å². The summed E-state index contributed by atoms with van der Waals surface area (Å²) in [7, 11) is 0. The van der Waals surface area contributed by atoms with Crippen LogP contribution in [0.5, 0.6) is 11.5 Å². The van der Waals surface area contributed by atoms with Crippen LogP contribution in [-0.2, 0) is 9.59 Å². The van der Waals surface area contributed by atoms with Crippen molar-refractivity contribution in [3.8, 4) is 11.5 Å². The van der Waals surface area contributed by atoms with E-state index in [-0.39, 0.29) is 5.75 Å². The Morgan fingerprint density at radius 2 is 2.11 bits per heavy atom. The Balaban J connectivity index is 2.52. The number of anilines is 1. The van der Waals surface area contributed by atoms with Crippen LogP contribution in [0.2, 0.25) is 0 Å². The van der Waals surface area contributed by atoms with Gasteiger partial charge in [-0.05, 0) is 26.0 Å². The number of carbonyl (C=O) groups excluding carboxylic acids is 1. The van der Waals surface area contributed by atoms with Gasteiger partial charge in [-0.15, -0.1) is 0 Å². The summed E-state index contributed by atoms with van der Waals surface area (Å²) in [4.78, 5) is 24.1. The average Bonchev–Trinajstić information content (AvgIpc) is 2.23. The van der Waals surface area contributed by atoms with E-state index in [4.69, 9.17) is 9.84 Å². The summed E-state index contributed by atoms with van der Waals surface area (Å²) < 4.78 is 5.48. The second-order valence-electron chi connectivity index (χ2n) is 4.55. The van der Waals surface area contributed by atoms with Gasteiger partial charge in [0.25, 0.3) is 5.91 Å². The van der Waals surface area contributed by atoms with Crippen molar-refractivity contribution in [2.75, 3.05) is 11.4 Å². The van der Waals surface area contributed by atoms with E-state index < -0.39 is 24.0 Å². The summed E-state index contributed by atoms with van der Waals surface area (Å²) in [6, 6.07) is 4.20. The molecule has 1 aromatic rings. The highest BCUT2D eigenvalue weighted by Crippen LogP contribution is 2.39. The Morgan fingerprint density at radius 3 is 2.72 bits per heavy atom. The molecule has 0 aromatic heterocycles. The van der Waals surface area contributed by atoms with E-state index in [1.165, 1.54) is 18.2 Å². The molecule has 0 bridgehead atoms. The van der Waals surface area contributed by atoms with Gasteiger partial charge < -0.3 is 14.9 Å². The van der Waals surface area contributed by atoms with Crippen LogP contribution < -0.4 is 9.64 Å². The molecule has 6 nitrogen and oxygen atoms in total. The van der Waals surface area contributed by atoms with E-state index in [9.17, 15) is 14.7 Å². The normalized spacial score (nSPS) is 17.0. The molecule has 1 heterocycles. The summed E-state index contributed by atoms with van der Waals surface area (Å²) in [6.45, 7) is 2.66. The molecule has 0 unspecified atom stereocenters. The van der Waals surface area contributed by atoms with Crippen molar-refractivity contribution < 1.29 is 24.5 Å². The first-order valence-electron chi connectivity index (χ1n) is 5.37. The predicted molar refractivity (Wildman–Crippen MR) is 62.8 cm³/mol. The van der Waals surface area contributed by atoms with Crippen LogP contribution in [0.3, 0.4) is 0 Å². The molecule has 0 saturated carbocycles. The highest BCUT2D eigenvalue weighted by atomic mass is 16.5. The van der Waals surface area contributed by atoms with Gasteiger partial charge in [0, 0.05) is 6.07 Å². The molecule has 0 aliphatic carbocycles. The summed E-state index contributed by atoms with van der Waals surface area (Å²) in [5.74, 6) is -1.25. The molecule has 96 valence electrons. The van der Waals surface area contributed by atoms with Crippen LogP contribution in [0.4, 0.5) is 5.69 Å². The lowest BCUT2D eigenvalue weighted by Gasteiger charge is -2.38. The molecule has 0 atom stereocenters. The van der Waals surface area contributed by atoms with Crippen molar-refractivity contribution in [3.05, 3.63) is 18.2 Å². The quantitative estimate of drug-likeness (QED) is 0.818. The zero-order chi connectivity index (χ0) is 13.5. The SMILES string of the molecule is CC1(C)Oc2cc(O)ccc2N(CC(=O)O)C1=O. The zero-order valence-electron chi connectivity index (χ0n) is 10.0. The Kier molecular flexibility index (Phi) is 2.65. The van der Waals surface area contributed by atoms with Gasteiger partial charge in [0.15, 0.2) is 5.60 Å². The first-order valence-corrected chi connectivity index (χ1v) is 5.37. The number of ether oxygens (including phenoxy) is 1. The number of carboxylic acid groups (broad SMARTS) is 1. The molecule has 0 saturated heterocycles. The maximum Gasteiger partial charge on any atom is 0.323 e. The van der Waals surface area contributed by atoms with Crippen molar-refractivity contribution in [2.24, 2.45) is 0 Å². The van der Waals surface area contributed by atoms with Gasteiger partial charge in [0.1, 0.15) is 18.0 Å². The van der Waals surface area contributed by atoms with Crippen LogP contribution >= 0.6 is 0 Å². The lowest BCUT2D eigenvalue weighted by molar-refractivity contribution is -0.139. The molecular formula is C12H13NO5. The van der Waals surface area contributed by atoms with Crippen LogP contribution in [0.15, 0.2) is 18.2 Å². The number of carbonyl (C=O) groups is 2. The lowest BCUT2D eigenvalue weighted by Crippen LogP contribution is -2.53. The lowest BCUT2D eigenvalue weighted by atomic mass is 10.0. The molecule has 0 spiro atoms. The number of benzene rings is 1. The fourth-order valence-electron chi connectivity index (χ4n) is 1.85. The Hall–Kier alpha value is -2.24. The topological polar surface area (TPSA) is 87.1 Å². The third-order valence-electron chi connectivity index (χ3n) is 2.65. The van der Waals surface area contributed by atoms with Gasteiger partial charge in [-0.3, -0.25) is 14.5 Å². The van der Waals surface area contributed by atoms with E-state index >= 15 is 0 Å². The molecule has 1 aromatic carbocycles. The molecule has 1 amide bonds. The molecule has 6 heteroatoms. The molecule has 18 heavy (non-hydrogen) atoms. The van der Waals surface area contributed by atoms with Crippen molar-refractivity contribution in [2.45, 2.75) is 19.4 Å². The first-order chi connectivity index (χ1) is 8.31. The maximum absolute atomic E-state index is 12.1. The number of carboxylic acids is 1. The number of hydrogen-bond donors (Lipinski definition) is 2. The molecule has 2 rings (SSSR count). The number of phenolic OH excluding ortho intramolecular Hbond substituents is 1. The van der Waals surface area contributed by atoms with Crippen LogP contribution in [0.1, 0.15) is 13.8 Å². The van der Waals surface area contributed by atoms with Crippen molar-refractivity contribution in [1.29, 1.82) is 0 Å². The van der Waals surface area contributed by atoms with Gasteiger partial charge in [-0.2, -0.15) is 0 Å². The van der Waals surface area contributed by atoms with Gasteiger partial charge in [-0.25, -0.2) is 0 Å². The fourth-order valence-corrected chi connectivity index (χ4v) is 1.85. The number of aliphatic carboxylic acids is 1. The summed E-state index contributed by atoms with van der Waals surface area (Å²) in [5.41, 5.74) is -0.810. The molecule has 1 aliphatic rings. The third-order valence-corrected chi connectivity index (χ3v) is 2.65. The number of rotatable bonds is 2. The van der Waals surface area contributed by atoms with Crippen LogP contribution in [-0.4, -0.2) is 34.2 Å². The Bertz CT molecular complexity index is 523. The van der Waals surface area contributed by atoms with Crippen LogP contribution in [0.25, 0.3) is 0 Å². The third kappa shape index (κ3) is 1.97. The summed E-state index contributed by atoms with van der Waals surface area (Å²) in [5, 5.41) is 18.2. The molecule has 0 fully saturated rings. The highest BCUT2D eigenvalue weighted by molar-refractivity contribution is 6.05. The molecule has 2 N–H and O–H groups in total. The monoisotopic (exact) mass is 251 g/mol. The summed E-state index contributed by atoms with van der Waals surface area (Å²) >= 11 is 0. The van der Waals surface area contributed by atoms with Gasteiger partial charge in [0.05, 0.1) is 5.69 Å². The minimum absolute atomic E-state index is 0.00539.